The number of anilines is 1. The van der Waals surface area contributed by atoms with Gasteiger partial charge in [0.1, 0.15) is 11.4 Å². The molecule has 0 aromatic carbocycles. The third-order valence-electron chi connectivity index (χ3n) is 3.56. The average Bonchev–Trinajstić information content (AvgIpc) is 2.88. The standard InChI is InChI=1S/C15H24N6O2/c1-8(2)10(13(23)16-6)18-14-19-11-9(12(22)20-14)7-17-21(11)15(3,4)5/h7-8,10H,1-6H3,(H,16,23)(H2,18,19,20,22). The van der Waals surface area contributed by atoms with Crippen molar-refractivity contribution in [2.75, 3.05) is 12.4 Å². The van der Waals surface area contributed by atoms with Gasteiger partial charge in [0.2, 0.25) is 11.9 Å². The number of hydrogen-bond acceptors (Lipinski definition) is 5. The first kappa shape index (κ1) is 17.0. The summed E-state index contributed by atoms with van der Waals surface area (Å²) in [5.74, 6) is 0.131. The number of H-pyrrole nitrogens is 1. The number of likely N-dealkylation sites (N-methyl/N-ethyl adjacent to an activating group) is 1. The van der Waals surface area contributed by atoms with E-state index in [0.29, 0.717) is 11.0 Å². The Kier molecular flexibility index (Phi) is 4.44. The highest BCUT2D eigenvalue weighted by Gasteiger charge is 2.24. The van der Waals surface area contributed by atoms with Gasteiger partial charge in [-0.25, -0.2) is 4.68 Å². The lowest BCUT2D eigenvalue weighted by Crippen LogP contribution is -2.42. The summed E-state index contributed by atoms with van der Waals surface area (Å²) in [5, 5.41) is 10.3. The normalized spacial score (nSPS) is 13.3. The molecule has 0 aliphatic carbocycles. The number of carbonyl (C=O) groups excluding carboxylic acids is 1. The van der Waals surface area contributed by atoms with Crippen LogP contribution in [0.15, 0.2) is 11.0 Å². The van der Waals surface area contributed by atoms with Gasteiger partial charge in [0.05, 0.1) is 11.7 Å². The molecule has 0 bridgehead atoms. The van der Waals surface area contributed by atoms with Gasteiger partial charge in [-0.05, 0) is 26.7 Å². The molecule has 3 N–H and O–H groups in total. The first-order valence-electron chi connectivity index (χ1n) is 7.61. The van der Waals surface area contributed by atoms with Gasteiger partial charge < -0.3 is 10.6 Å². The fraction of sp³-hybridized carbons (Fsp3) is 0.600. The molecule has 0 saturated heterocycles. The van der Waals surface area contributed by atoms with E-state index in [4.69, 9.17) is 0 Å². The molecule has 2 aromatic rings. The highest BCUT2D eigenvalue weighted by molar-refractivity contribution is 5.84. The third kappa shape index (κ3) is 3.35. The van der Waals surface area contributed by atoms with Gasteiger partial charge >= 0.3 is 0 Å². The maximum absolute atomic E-state index is 12.2. The molecule has 0 spiro atoms. The molecule has 23 heavy (non-hydrogen) atoms. The van der Waals surface area contributed by atoms with Crippen LogP contribution in [0.3, 0.4) is 0 Å². The van der Waals surface area contributed by atoms with Crippen molar-refractivity contribution in [3.05, 3.63) is 16.6 Å². The summed E-state index contributed by atoms with van der Waals surface area (Å²) in [6.45, 7) is 9.79. The second-order valence-corrected chi connectivity index (χ2v) is 6.86. The quantitative estimate of drug-likeness (QED) is 0.781. The van der Waals surface area contributed by atoms with Crippen molar-refractivity contribution in [1.82, 2.24) is 25.1 Å². The Labute approximate surface area is 134 Å². The zero-order valence-electron chi connectivity index (χ0n) is 14.4. The Morgan fingerprint density at radius 1 is 1.35 bits per heavy atom. The number of carbonyl (C=O) groups is 1. The summed E-state index contributed by atoms with van der Waals surface area (Å²) in [6.07, 6.45) is 1.51. The Balaban J connectivity index is 2.50. The van der Waals surface area contributed by atoms with Gasteiger partial charge in [0.25, 0.3) is 5.56 Å². The molecule has 8 nitrogen and oxygen atoms in total. The first-order valence-corrected chi connectivity index (χ1v) is 7.61. The number of rotatable bonds is 4. The maximum Gasteiger partial charge on any atom is 0.263 e. The van der Waals surface area contributed by atoms with Crippen molar-refractivity contribution >= 4 is 22.9 Å². The van der Waals surface area contributed by atoms with Crippen LogP contribution >= 0.6 is 0 Å². The number of nitrogens with zero attached hydrogens (tertiary/aromatic N) is 3. The molecule has 0 fully saturated rings. The molecule has 2 aromatic heterocycles. The number of fused-ring (bicyclic) bond motifs is 1. The lowest BCUT2D eigenvalue weighted by Gasteiger charge is -2.22. The minimum atomic E-state index is -0.494. The van der Waals surface area contributed by atoms with Crippen molar-refractivity contribution < 1.29 is 4.79 Å². The van der Waals surface area contributed by atoms with Crippen LogP contribution in [0.5, 0.6) is 0 Å². The lowest BCUT2D eigenvalue weighted by molar-refractivity contribution is -0.122. The second kappa shape index (κ2) is 6.02. The number of amides is 1. The van der Waals surface area contributed by atoms with E-state index >= 15 is 0 Å². The molecule has 126 valence electrons. The SMILES string of the molecule is CNC(=O)C(Nc1nc2c(cnn2C(C)(C)C)c(=O)[nH]1)C(C)C. The summed E-state index contributed by atoms with van der Waals surface area (Å²) in [4.78, 5) is 31.3. The minimum Gasteiger partial charge on any atom is -0.357 e. The van der Waals surface area contributed by atoms with E-state index in [1.165, 1.54) is 6.20 Å². The fourth-order valence-electron chi connectivity index (χ4n) is 2.32. The molecule has 1 amide bonds. The highest BCUT2D eigenvalue weighted by Crippen LogP contribution is 2.19. The third-order valence-corrected chi connectivity index (χ3v) is 3.56. The van der Waals surface area contributed by atoms with Crippen molar-refractivity contribution in [2.24, 2.45) is 5.92 Å². The van der Waals surface area contributed by atoms with E-state index < -0.39 is 6.04 Å². The van der Waals surface area contributed by atoms with Crippen LogP contribution in [0.25, 0.3) is 11.0 Å². The molecule has 0 radical (unpaired) electrons. The van der Waals surface area contributed by atoms with Crippen molar-refractivity contribution in [1.29, 1.82) is 0 Å². The predicted octanol–water partition coefficient (Wildman–Crippen LogP) is 1.06. The van der Waals surface area contributed by atoms with Gasteiger partial charge in [0.15, 0.2) is 5.65 Å². The molecule has 0 aliphatic heterocycles. The molecule has 1 unspecified atom stereocenters. The molecule has 8 heteroatoms. The Hall–Kier alpha value is -2.38. The maximum atomic E-state index is 12.2. The van der Waals surface area contributed by atoms with Gasteiger partial charge in [0, 0.05) is 7.05 Å². The smallest absolute Gasteiger partial charge is 0.263 e. The topological polar surface area (TPSA) is 105 Å². The van der Waals surface area contributed by atoms with Gasteiger partial charge in [-0.1, -0.05) is 13.8 Å². The minimum absolute atomic E-state index is 0.0310. The Bertz CT molecular complexity index is 768. The van der Waals surface area contributed by atoms with Crippen LogP contribution < -0.4 is 16.2 Å². The van der Waals surface area contributed by atoms with Gasteiger partial charge in [-0.3, -0.25) is 14.6 Å². The first-order chi connectivity index (χ1) is 10.6. The summed E-state index contributed by atoms with van der Waals surface area (Å²) in [7, 11) is 1.58. The van der Waals surface area contributed by atoms with E-state index in [0.717, 1.165) is 0 Å². The fourth-order valence-corrected chi connectivity index (χ4v) is 2.32. The zero-order chi connectivity index (χ0) is 17.4. The van der Waals surface area contributed by atoms with E-state index in [9.17, 15) is 9.59 Å². The molecule has 0 aliphatic rings. The van der Waals surface area contributed by atoms with Crippen LogP contribution in [-0.4, -0.2) is 38.7 Å². The van der Waals surface area contributed by atoms with E-state index in [2.05, 4.69) is 25.7 Å². The van der Waals surface area contributed by atoms with Gasteiger partial charge in [-0.2, -0.15) is 10.1 Å². The van der Waals surface area contributed by atoms with Crippen LogP contribution in [-0.2, 0) is 10.3 Å². The molecular formula is C15H24N6O2. The largest absolute Gasteiger partial charge is 0.357 e. The van der Waals surface area contributed by atoms with Crippen molar-refractivity contribution in [3.63, 3.8) is 0 Å². The second-order valence-electron chi connectivity index (χ2n) is 6.86. The summed E-state index contributed by atoms with van der Waals surface area (Å²) in [6, 6.07) is -0.494. The van der Waals surface area contributed by atoms with Crippen LogP contribution in [0.1, 0.15) is 34.6 Å². The van der Waals surface area contributed by atoms with Crippen LogP contribution in [0.2, 0.25) is 0 Å². The van der Waals surface area contributed by atoms with E-state index in [1.54, 1.807) is 11.7 Å². The van der Waals surface area contributed by atoms with Gasteiger partial charge in [-0.15, -0.1) is 0 Å². The summed E-state index contributed by atoms with van der Waals surface area (Å²) < 4.78 is 1.70. The number of nitrogens with one attached hydrogen (secondary N) is 3. The van der Waals surface area contributed by atoms with Crippen LogP contribution in [0.4, 0.5) is 5.95 Å². The van der Waals surface area contributed by atoms with Crippen molar-refractivity contribution in [2.45, 2.75) is 46.2 Å². The lowest BCUT2D eigenvalue weighted by atomic mass is 10.0. The monoisotopic (exact) mass is 320 g/mol. The molecule has 1 atom stereocenters. The highest BCUT2D eigenvalue weighted by atomic mass is 16.2. The van der Waals surface area contributed by atoms with Crippen molar-refractivity contribution in [3.8, 4) is 0 Å². The summed E-state index contributed by atoms with van der Waals surface area (Å²) in [5.41, 5.74) is -0.103. The predicted molar refractivity (Wildman–Crippen MR) is 89.5 cm³/mol. The van der Waals surface area contributed by atoms with Crippen LogP contribution in [0, 0.1) is 5.92 Å². The van der Waals surface area contributed by atoms with E-state index in [1.807, 2.05) is 34.6 Å². The zero-order valence-corrected chi connectivity index (χ0v) is 14.4. The molecular weight excluding hydrogens is 296 g/mol. The molecule has 0 saturated carbocycles. The Morgan fingerprint density at radius 3 is 2.52 bits per heavy atom. The average molecular weight is 320 g/mol. The number of aromatic amines is 1. The van der Waals surface area contributed by atoms with E-state index in [-0.39, 0.29) is 28.9 Å². The molecule has 2 rings (SSSR count). The number of hydrogen-bond donors (Lipinski definition) is 3. The Morgan fingerprint density at radius 2 is 2.00 bits per heavy atom. The number of aromatic nitrogens is 4. The molecule has 2 heterocycles. The summed E-state index contributed by atoms with van der Waals surface area (Å²) >= 11 is 0.